The Labute approximate surface area is 135 Å². The Morgan fingerprint density at radius 3 is 2.35 bits per heavy atom. The molecule has 0 amide bonds. The first-order valence-electron chi connectivity index (χ1n) is 6.83. The van der Waals surface area contributed by atoms with Gasteiger partial charge in [-0.2, -0.15) is 0 Å². The zero-order valence-corrected chi connectivity index (χ0v) is 13.7. The number of hydrogen-bond donors (Lipinski definition) is 1. The van der Waals surface area contributed by atoms with Gasteiger partial charge in [0.2, 0.25) is 5.95 Å². The molecule has 1 N–H and O–H groups in total. The minimum Gasteiger partial charge on any atom is -0.298 e. The largest absolute Gasteiger partial charge is 0.298 e. The molecular weight excluding hydrogens is 321 g/mol. The molecule has 2 rings (SSSR count). The standard InChI is InChI=1S/C15H16FN3O3S/c1-9(2)13-12(8-20)14(10-4-6-11(16)7-5-10)18-15(17-13)19(3)23(21)22/h4-9H,1-3H3,(H,21,22). The SMILES string of the molecule is CC(C)c1nc(N(C)S(=O)O)nc(-c2ccc(F)cc2)c1C=O. The molecule has 2 aromatic rings. The van der Waals surface area contributed by atoms with Gasteiger partial charge in [0.1, 0.15) is 5.82 Å². The molecule has 1 aromatic heterocycles. The van der Waals surface area contributed by atoms with E-state index in [2.05, 4.69) is 9.97 Å². The Balaban J connectivity index is 2.74. The molecule has 0 radical (unpaired) electrons. The molecule has 0 aliphatic rings. The molecule has 1 unspecified atom stereocenters. The van der Waals surface area contributed by atoms with Gasteiger partial charge in [-0.15, -0.1) is 0 Å². The van der Waals surface area contributed by atoms with Gasteiger partial charge in [-0.25, -0.2) is 22.9 Å². The lowest BCUT2D eigenvalue weighted by molar-refractivity contribution is 0.112. The van der Waals surface area contributed by atoms with E-state index < -0.39 is 17.1 Å². The van der Waals surface area contributed by atoms with E-state index in [-0.39, 0.29) is 17.4 Å². The number of aldehydes is 1. The summed E-state index contributed by atoms with van der Waals surface area (Å²) in [5.41, 5.74) is 1.57. The zero-order valence-electron chi connectivity index (χ0n) is 12.9. The van der Waals surface area contributed by atoms with Crippen molar-refractivity contribution in [2.45, 2.75) is 19.8 Å². The Bertz CT molecular complexity index is 750. The number of hydrogen-bond acceptors (Lipinski definition) is 4. The minimum atomic E-state index is -2.30. The van der Waals surface area contributed by atoms with E-state index >= 15 is 0 Å². The molecule has 1 atom stereocenters. The highest BCUT2D eigenvalue weighted by Crippen LogP contribution is 2.28. The van der Waals surface area contributed by atoms with Crippen LogP contribution in [0.4, 0.5) is 10.3 Å². The normalized spacial score (nSPS) is 12.3. The number of halogens is 1. The highest BCUT2D eigenvalue weighted by Gasteiger charge is 2.21. The van der Waals surface area contributed by atoms with Crippen LogP contribution in [0.3, 0.4) is 0 Å². The van der Waals surface area contributed by atoms with Crippen molar-refractivity contribution in [3.05, 3.63) is 41.3 Å². The van der Waals surface area contributed by atoms with Crippen molar-refractivity contribution in [3.8, 4) is 11.3 Å². The molecule has 0 aliphatic carbocycles. The summed E-state index contributed by atoms with van der Waals surface area (Å²) in [7, 11) is 1.37. The van der Waals surface area contributed by atoms with Crippen molar-refractivity contribution in [1.29, 1.82) is 0 Å². The Kier molecular flexibility index (Phi) is 5.17. The van der Waals surface area contributed by atoms with Gasteiger partial charge < -0.3 is 0 Å². The first-order chi connectivity index (χ1) is 10.8. The topological polar surface area (TPSA) is 83.4 Å². The summed E-state index contributed by atoms with van der Waals surface area (Å²) in [6.07, 6.45) is 0.647. The minimum absolute atomic E-state index is 0.0134. The van der Waals surface area contributed by atoms with Gasteiger partial charge in [-0.3, -0.25) is 9.35 Å². The molecule has 0 saturated heterocycles. The monoisotopic (exact) mass is 337 g/mol. The second-order valence-electron chi connectivity index (χ2n) is 5.18. The van der Waals surface area contributed by atoms with E-state index in [4.69, 9.17) is 0 Å². The van der Waals surface area contributed by atoms with Crippen molar-refractivity contribution >= 4 is 23.5 Å². The molecule has 1 heterocycles. The van der Waals surface area contributed by atoms with E-state index in [1.54, 1.807) is 0 Å². The lowest BCUT2D eigenvalue weighted by atomic mass is 9.99. The maximum atomic E-state index is 13.1. The number of anilines is 1. The van der Waals surface area contributed by atoms with Gasteiger partial charge in [0.05, 0.1) is 17.0 Å². The number of nitrogens with zero attached hydrogens (tertiary/aromatic N) is 3. The van der Waals surface area contributed by atoms with Crippen LogP contribution in [0.25, 0.3) is 11.3 Å². The van der Waals surface area contributed by atoms with Gasteiger partial charge in [-0.05, 0) is 30.2 Å². The fourth-order valence-electron chi connectivity index (χ4n) is 2.07. The molecule has 23 heavy (non-hydrogen) atoms. The molecule has 122 valence electrons. The molecule has 0 aliphatic heterocycles. The fourth-order valence-corrected chi connectivity index (χ4v) is 2.29. The highest BCUT2D eigenvalue weighted by molar-refractivity contribution is 7.80. The Morgan fingerprint density at radius 1 is 1.26 bits per heavy atom. The van der Waals surface area contributed by atoms with Crippen LogP contribution in [0.15, 0.2) is 24.3 Å². The van der Waals surface area contributed by atoms with Crippen LogP contribution in [0, 0.1) is 5.82 Å². The summed E-state index contributed by atoms with van der Waals surface area (Å²) in [6, 6.07) is 5.51. The Morgan fingerprint density at radius 2 is 1.87 bits per heavy atom. The molecule has 0 bridgehead atoms. The van der Waals surface area contributed by atoms with Crippen LogP contribution in [0.2, 0.25) is 0 Å². The van der Waals surface area contributed by atoms with Crippen LogP contribution < -0.4 is 4.31 Å². The number of rotatable bonds is 5. The van der Waals surface area contributed by atoms with Crippen molar-refractivity contribution < 1.29 is 17.9 Å². The van der Waals surface area contributed by atoms with Crippen LogP contribution in [0.1, 0.15) is 35.8 Å². The maximum Gasteiger partial charge on any atom is 0.264 e. The zero-order chi connectivity index (χ0) is 17.1. The number of carbonyl (C=O) groups excluding carboxylic acids is 1. The van der Waals surface area contributed by atoms with E-state index in [9.17, 15) is 17.9 Å². The predicted molar refractivity (Wildman–Crippen MR) is 86.1 cm³/mol. The predicted octanol–water partition coefficient (Wildman–Crippen LogP) is 2.79. The van der Waals surface area contributed by atoms with Crippen LogP contribution in [-0.2, 0) is 11.3 Å². The van der Waals surface area contributed by atoms with Gasteiger partial charge >= 0.3 is 0 Å². The highest BCUT2D eigenvalue weighted by atomic mass is 32.2. The maximum absolute atomic E-state index is 13.1. The smallest absolute Gasteiger partial charge is 0.264 e. The second kappa shape index (κ2) is 6.93. The molecule has 0 saturated carbocycles. The third-order valence-corrected chi connectivity index (χ3v) is 3.89. The number of carbonyl (C=O) groups is 1. The number of benzene rings is 1. The molecule has 0 spiro atoms. The summed E-state index contributed by atoms with van der Waals surface area (Å²) < 4.78 is 34.6. The molecular formula is C15H16FN3O3S. The van der Waals surface area contributed by atoms with E-state index in [0.29, 0.717) is 23.2 Å². The molecule has 8 heteroatoms. The second-order valence-corrected chi connectivity index (χ2v) is 6.19. The van der Waals surface area contributed by atoms with Crippen LogP contribution in [-0.4, -0.2) is 32.1 Å². The van der Waals surface area contributed by atoms with Crippen molar-refractivity contribution in [3.63, 3.8) is 0 Å². The summed E-state index contributed by atoms with van der Waals surface area (Å²) in [4.78, 5) is 20.0. The van der Waals surface area contributed by atoms with Gasteiger partial charge in [0.25, 0.3) is 11.3 Å². The van der Waals surface area contributed by atoms with Crippen molar-refractivity contribution in [2.24, 2.45) is 0 Å². The lowest BCUT2D eigenvalue weighted by Gasteiger charge is -2.18. The third-order valence-electron chi connectivity index (χ3n) is 3.26. The van der Waals surface area contributed by atoms with Crippen molar-refractivity contribution in [1.82, 2.24) is 9.97 Å². The number of aromatic nitrogens is 2. The fraction of sp³-hybridized carbons (Fsp3) is 0.267. The molecule has 0 fully saturated rings. The summed E-state index contributed by atoms with van der Waals surface area (Å²) in [6.45, 7) is 3.70. The summed E-state index contributed by atoms with van der Waals surface area (Å²) in [5, 5.41) is 0. The third kappa shape index (κ3) is 3.59. The van der Waals surface area contributed by atoms with Crippen LogP contribution >= 0.6 is 0 Å². The summed E-state index contributed by atoms with van der Waals surface area (Å²) in [5.74, 6) is -0.496. The quantitative estimate of drug-likeness (QED) is 0.670. The molecule has 6 nitrogen and oxygen atoms in total. The van der Waals surface area contributed by atoms with Crippen molar-refractivity contribution in [2.75, 3.05) is 11.4 Å². The van der Waals surface area contributed by atoms with Gasteiger partial charge in [-0.1, -0.05) is 13.8 Å². The van der Waals surface area contributed by atoms with E-state index in [0.717, 1.165) is 4.31 Å². The van der Waals surface area contributed by atoms with E-state index in [1.165, 1.54) is 31.3 Å². The first kappa shape index (κ1) is 17.2. The van der Waals surface area contributed by atoms with Gasteiger partial charge in [0.15, 0.2) is 6.29 Å². The summed E-state index contributed by atoms with van der Waals surface area (Å²) >= 11 is -2.30. The van der Waals surface area contributed by atoms with Gasteiger partial charge in [0, 0.05) is 12.6 Å². The lowest BCUT2D eigenvalue weighted by Crippen LogP contribution is -2.23. The van der Waals surface area contributed by atoms with E-state index in [1.807, 2.05) is 13.8 Å². The Hall–Kier alpha value is -2.19. The van der Waals surface area contributed by atoms with Crippen LogP contribution in [0.5, 0.6) is 0 Å². The average Bonchev–Trinajstić information content (AvgIpc) is 2.53. The molecule has 1 aromatic carbocycles. The average molecular weight is 337 g/mol. The first-order valence-corrected chi connectivity index (χ1v) is 7.89.